The molecule has 1 unspecified atom stereocenters. The van der Waals surface area contributed by atoms with E-state index in [2.05, 4.69) is 20.3 Å². The van der Waals surface area contributed by atoms with Crippen molar-refractivity contribution in [3.63, 3.8) is 0 Å². The second kappa shape index (κ2) is 10.0. The summed E-state index contributed by atoms with van der Waals surface area (Å²) in [6, 6.07) is 0. The van der Waals surface area contributed by atoms with Gasteiger partial charge in [0.05, 0.1) is 32.1 Å². The summed E-state index contributed by atoms with van der Waals surface area (Å²) >= 11 is 0. The predicted octanol–water partition coefficient (Wildman–Crippen LogP) is 0.732. The number of methoxy groups -OCH3 is 1. The van der Waals surface area contributed by atoms with E-state index in [1.165, 1.54) is 5.56 Å². The zero-order chi connectivity index (χ0) is 15.1. The molecule has 1 N–H and O–H groups in total. The molecular weight excluding hydrogens is 397 g/mol. The summed E-state index contributed by atoms with van der Waals surface area (Å²) < 4.78 is 12.8. The van der Waals surface area contributed by atoms with E-state index in [4.69, 9.17) is 9.47 Å². The third-order valence-electron chi connectivity index (χ3n) is 3.39. The van der Waals surface area contributed by atoms with Crippen molar-refractivity contribution in [1.29, 1.82) is 0 Å². The molecule has 0 bridgehead atoms. The van der Waals surface area contributed by atoms with Crippen LogP contribution in [0.25, 0.3) is 0 Å². The zero-order valence-electron chi connectivity index (χ0n) is 13.5. The van der Waals surface area contributed by atoms with Crippen LogP contribution in [0.3, 0.4) is 0 Å². The molecule has 1 atom stereocenters. The van der Waals surface area contributed by atoms with Gasteiger partial charge in [0.15, 0.2) is 5.96 Å². The van der Waals surface area contributed by atoms with E-state index in [9.17, 15) is 0 Å². The van der Waals surface area contributed by atoms with Crippen LogP contribution in [-0.2, 0) is 16.0 Å². The molecule has 1 fully saturated rings. The molecule has 1 aromatic rings. The SMILES string of the molecule is CN=C(NCCn1cc(C)cn1)N1CCOC(COC)C1.I. The lowest BCUT2D eigenvalue weighted by Gasteiger charge is -2.34. The first kappa shape index (κ1) is 19.2. The van der Waals surface area contributed by atoms with Crippen molar-refractivity contribution in [3.8, 4) is 0 Å². The number of hydrogen-bond donors (Lipinski definition) is 1. The normalized spacial score (nSPS) is 19.0. The molecule has 2 rings (SSSR count). The highest BCUT2D eigenvalue weighted by Gasteiger charge is 2.22. The monoisotopic (exact) mass is 423 g/mol. The Kier molecular flexibility index (Phi) is 8.72. The average Bonchev–Trinajstić information content (AvgIpc) is 2.90. The molecule has 1 saturated heterocycles. The molecule has 7 nitrogen and oxygen atoms in total. The molecule has 0 spiro atoms. The van der Waals surface area contributed by atoms with Gasteiger partial charge in [0.25, 0.3) is 0 Å². The largest absolute Gasteiger partial charge is 0.382 e. The molecule has 2 heterocycles. The van der Waals surface area contributed by atoms with Gasteiger partial charge in [0.1, 0.15) is 0 Å². The Balaban J connectivity index is 0.00000242. The highest BCUT2D eigenvalue weighted by atomic mass is 127. The molecular formula is C14H26IN5O2. The van der Waals surface area contributed by atoms with Gasteiger partial charge in [-0.05, 0) is 12.5 Å². The molecule has 1 aliphatic heterocycles. The van der Waals surface area contributed by atoms with Crippen molar-refractivity contribution in [2.45, 2.75) is 19.6 Å². The minimum absolute atomic E-state index is 0. The van der Waals surface area contributed by atoms with Crippen molar-refractivity contribution >= 4 is 29.9 Å². The predicted molar refractivity (Wildman–Crippen MR) is 96.9 cm³/mol. The van der Waals surface area contributed by atoms with E-state index in [-0.39, 0.29) is 30.1 Å². The summed E-state index contributed by atoms with van der Waals surface area (Å²) in [6.07, 6.45) is 4.01. The Labute approximate surface area is 149 Å². The van der Waals surface area contributed by atoms with Gasteiger partial charge in [-0.2, -0.15) is 5.10 Å². The lowest BCUT2D eigenvalue weighted by molar-refractivity contribution is -0.0447. The van der Waals surface area contributed by atoms with Crippen molar-refractivity contribution in [3.05, 3.63) is 18.0 Å². The lowest BCUT2D eigenvalue weighted by Crippen LogP contribution is -2.51. The molecule has 0 amide bonds. The molecule has 8 heteroatoms. The number of ether oxygens (including phenoxy) is 2. The van der Waals surface area contributed by atoms with Crippen LogP contribution >= 0.6 is 24.0 Å². The quantitative estimate of drug-likeness (QED) is 0.430. The molecule has 0 aliphatic carbocycles. The van der Waals surface area contributed by atoms with Crippen LogP contribution in [0.4, 0.5) is 0 Å². The zero-order valence-corrected chi connectivity index (χ0v) is 15.8. The third-order valence-corrected chi connectivity index (χ3v) is 3.39. The molecule has 1 aromatic heterocycles. The van der Waals surface area contributed by atoms with E-state index in [0.717, 1.165) is 32.1 Å². The van der Waals surface area contributed by atoms with Crippen LogP contribution in [0.1, 0.15) is 5.56 Å². The number of halogens is 1. The summed E-state index contributed by atoms with van der Waals surface area (Å²) in [5, 5.41) is 7.65. The molecule has 0 radical (unpaired) electrons. The van der Waals surface area contributed by atoms with Gasteiger partial charge in [-0.15, -0.1) is 24.0 Å². The molecule has 0 aromatic carbocycles. The summed E-state index contributed by atoms with van der Waals surface area (Å²) in [5.74, 6) is 0.906. The highest BCUT2D eigenvalue weighted by Crippen LogP contribution is 2.05. The summed E-state index contributed by atoms with van der Waals surface area (Å²) in [5.41, 5.74) is 1.18. The Morgan fingerprint density at radius 2 is 2.41 bits per heavy atom. The van der Waals surface area contributed by atoms with E-state index in [1.54, 1.807) is 14.2 Å². The van der Waals surface area contributed by atoms with Crippen molar-refractivity contribution in [2.75, 3.05) is 47.0 Å². The topological polar surface area (TPSA) is 63.9 Å². The van der Waals surface area contributed by atoms with Crippen LogP contribution < -0.4 is 5.32 Å². The Morgan fingerprint density at radius 3 is 3.05 bits per heavy atom. The minimum atomic E-state index is 0. The lowest BCUT2D eigenvalue weighted by atomic mass is 10.3. The van der Waals surface area contributed by atoms with Gasteiger partial charge in [0.2, 0.25) is 0 Å². The van der Waals surface area contributed by atoms with Gasteiger partial charge in [-0.3, -0.25) is 9.67 Å². The molecule has 0 saturated carbocycles. The first-order chi connectivity index (χ1) is 10.2. The van der Waals surface area contributed by atoms with Gasteiger partial charge in [-0.25, -0.2) is 0 Å². The fraction of sp³-hybridized carbons (Fsp3) is 0.714. The van der Waals surface area contributed by atoms with E-state index in [1.807, 2.05) is 24.0 Å². The van der Waals surface area contributed by atoms with Gasteiger partial charge < -0.3 is 19.7 Å². The van der Waals surface area contributed by atoms with Crippen LogP contribution in [0.15, 0.2) is 17.4 Å². The van der Waals surface area contributed by atoms with E-state index in [0.29, 0.717) is 13.2 Å². The number of nitrogens with one attached hydrogen (secondary N) is 1. The number of hydrogen-bond acceptors (Lipinski definition) is 4. The van der Waals surface area contributed by atoms with E-state index >= 15 is 0 Å². The Bertz CT molecular complexity index is 464. The van der Waals surface area contributed by atoms with Crippen molar-refractivity contribution < 1.29 is 9.47 Å². The fourth-order valence-corrected chi connectivity index (χ4v) is 2.40. The first-order valence-electron chi connectivity index (χ1n) is 7.28. The van der Waals surface area contributed by atoms with Crippen molar-refractivity contribution in [1.82, 2.24) is 20.0 Å². The molecule has 22 heavy (non-hydrogen) atoms. The average molecular weight is 423 g/mol. The first-order valence-corrected chi connectivity index (χ1v) is 7.28. The number of guanidine groups is 1. The Morgan fingerprint density at radius 1 is 1.59 bits per heavy atom. The van der Waals surface area contributed by atoms with Crippen LogP contribution in [-0.4, -0.2) is 73.7 Å². The van der Waals surface area contributed by atoms with Gasteiger partial charge in [0, 0.05) is 40.0 Å². The number of aromatic nitrogens is 2. The van der Waals surface area contributed by atoms with Crippen LogP contribution in [0.2, 0.25) is 0 Å². The maximum Gasteiger partial charge on any atom is 0.193 e. The van der Waals surface area contributed by atoms with Crippen molar-refractivity contribution in [2.24, 2.45) is 4.99 Å². The standard InChI is InChI=1S/C14H25N5O2.HI/c1-12-8-17-19(9-12)5-4-16-14(15-2)18-6-7-21-13(10-18)11-20-3;/h8-9,13H,4-7,10-11H2,1-3H3,(H,15,16);1H. The fourth-order valence-electron chi connectivity index (χ4n) is 2.40. The summed E-state index contributed by atoms with van der Waals surface area (Å²) in [4.78, 5) is 6.56. The second-order valence-corrected chi connectivity index (χ2v) is 5.15. The van der Waals surface area contributed by atoms with Gasteiger partial charge >= 0.3 is 0 Å². The number of rotatable bonds is 5. The van der Waals surface area contributed by atoms with E-state index < -0.39 is 0 Å². The summed E-state index contributed by atoms with van der Waals surface area (Å²) in [6.45, 7) is 6.61. The Hall–Kier alpha value is -0.870. The number of morpholine rings is 1. The smallest absolute Gasteiger partial charge is 0.193 e. The van der Waals surface area contributed by atoms with Crippen LogP contribution in [0, 0.1) is 6.92 Å². The molecule has 1 aliphatic rings. The van der Waals surface area contributed by atoms with Crippen LogP contribution in [0.5, 0.6) is 0 Å². The maximum atomic E-state index is 5.66. The number of aryl methyl sites for hydroxylation is 1. The van der Waals surface area contributed by atoms with Gasteiger partial charge in [-0.1, -0.05) is 0 Å². The molecule has 126 valence electrons. The highest BCUT2D eigenvalue weighted by molar-refractivity contribution is 14.0. The summed E-state index contributed by atoms with van der Waals surface area (Å²) in [7, 11) is 3.50. The third kappa shape index (κ3) is 5.73. The number of nitrogens with zero attached hydrogens (tertiary/aromatic N) is 4. The minimum Gasteiger partial charge on any atom is -0.382 e. The maximum absolute atomic E-state index is 5.66. The number of aliphatic imine (C=N–C) groups is 1. The second-order valence-electron chi connectivity index (χ2n) is 5.15.